The number of ether oxygens (including phenoxy) is 1. The molecule has 0 spiro atoms. The van der Waals surface area contributed by atoms with Gasteiger partial charge in [0, 0.05) is 12.8 Å². The van der Waals surface area contributed by atoms with Gasteiger partial charge in [-0.1, -0.05) is 124 Å². The van der Waals surface area contributed by atoms with Crippen LogP contribution in [0.15, 0.2) is 11.6 Å². The Morgan fingerprint density at radius 2 is 1.56 bits per heavy atom. The largest absolute Gasteiger partial charge is 0.462 e. The molecule has 4 aliphatic carbocycles. The molecule has 2 heteroatoms. The highest BCUT2D eigenvalue weighted by Gasteiger charge is 2.59. The van der Waals surface area contributed by atoms with Crippen LogP contribution in [-0.2, 0) is 9.53 Å². The second-order valence-corrected chi connectivity index (χ2v) is 16.2. The van der Waals surface area contributed by atoms with Crippen LogP contribution >= 0.6 is 0 Å². The zero-order valence-electron chi connectivity index (χ0n) is 28.3. The quantitative estimate of drug-likeness (QED) is 0.0798. The van der Waals surface area contributed by atoms with E-state index < -0.39 is 0 Å². The number of hydrogen-bond donors (Lipinski definition) is 0. The number of rotatable bonds is 16. The average Bonchev–Trinajstić information content (AvgIpc) is 3.29. The predicted octanol–water partition coefficient (Wildman–Crippen LogP) is 11.9. The lowest BCUT2D eigenvalue weighted by atomic mass is 9.48. The molecule has 0 saturated heterocycles. The van der Waals surface area contributed by atoms with Crippen LogP contribution in [0.1, 0.15) is 176 Å². The Labute approximate surface area is 255 Å². The number of allylic oxidation sites excluding steroid dienone is 1. The van der Waals surface area contributed by atoms with Gasteiger partial charge in [0.2, 0.25) is 0 Å². The number of fused-ring (bicyclic) bond motifs is 5. The van der Waals surface area contributed by atoms with Gasteiger partial charge in [0.25, 0.3) is 0 Å². The topological polar surface area (TPSA) is 26.3 Å². The van der Waals surface area contributed by atoms with E-state index in [1.54, 1.807) is 5.57 Å². The second kappa shape index (κ2) is 15.3. The summed E-state index contributed by atoms with van der Waals surface area (Å²) in [5.41, 5.74) is 2.54. The molecule has 0 N–H and O–H groups in total. The number of esters is 1. The smallest absolute Gasteiger partial charge is 0.306 e. The number of hydrogen-bond acceptors (Lipinski definition) is 2. The van der Waals surface area contributed by atoms with Crippen LogP contribution in [0.25, 0.3) is 0 Å². The fraction of sp³-hybridized carbons (Fsp3) is 0.923. The molecule has 4 rings (SSSR count). The van der Waals surface area contributed by atoms with Crippen LogP contribution in [0.4, 0.5) is 0 Å². The summed E-state index contributed by atoms with van der Waals surface area (Å²) in [6.45, 7) is 14.9. The molecule has 41 heavy (non-hydrogen) atoms. The van der Waals surface area contributed by atoms with E-state index in [0.717, 1.165) is 54.8 Å². The Bertz CT molecular complexity index is 843. The molecular weight excluding hydrogens is 502 g/mol. The predicted molar refractivity (Wildman–Crippen MR) is 175 cm³/mol. The van der Waals surface area contributed by atoms with Gasteiger partial charge in [-0.3, -0.25) is 4.79 Å². The van der Waals surface area contributed by atoms with E-state index in [2.05, 4.69) is 47.6 Å². The van der Waals surface area contributed by atoms with Crippen molar-refractivity contribution in [3.8, 4) is 0 Å². The van der Waals surface area contributed by atoms with Crippen molar-refractivity contribution in [2.24, 2.45) is 46.3 Å². The molecule has 0 aromatic rings. The van der Waals surface area contributed by atoms with Crippen molar-refractivity contribution in [3.63, 3.8) is 0 Å². The standard InChI is InChI=1S/C39H68O2/c1-7-8-9-10-11-12-13-14-15-19-37(40)41-32-24-26-38(5)31(28-32)20-21-33-35-23-22-34(30(4)18-16-17-29(2)3)39(35,6)27-25-36(33)38/h20,29-30,32-36H,7-19,21-28H2,1-6H3/t30-,32+,33+,34-,35+,36+,38+,39-/m1/s1/i28+1,32+1. The highest BCUT2D eigenvalue weighted by Crippen LogP contribution is 2.67. The summed E-state index contributed by atoms with van der Waals surface area (Å²) in [5, 5.41) is 0. The van der Waals surface area contributed by atoms with Gasteiger partial charge < -0.3 is 4.74 Å². The monoisotopic (exact) mass is 571 g/mol. The van der Waals surface area contributed by atoms with Crippen LogP contribution < -0.4 is 0 Å². The van der Waals surface area contributed by atoms with Gasteiger partial charge in [0.1, 0.15) is 6.10 Å². The molecule has 236 valence electrons. The maximum absolute atomic E-state index is 12.7. The van der Waals surface area contributed by atoms with Crippen LogP contribution in [0.5, 0.6) is 0 Å². The van der Waals surface area contributed by atoms with Crippen molar-refractivity contribution < 1.29 is 9.53 Å². The van der Waals surface area contributed by atoms with Gasteiger partial charge in [0.05, 0.1) is 0 Å². The molecule has 0 heterocycles. The van der Waals surface area contributed by atoms with E-state index in [4.69, 9.17) is 4.74 Å². The molecule has 0 aliphatic heterocycles. The van der Waals surface area contributed by atoms with E-state index in [1.807, 2.05) is 0 Å². The van der Waals surface area contributed by atoms with Crippen LogP contribution in [0.3, 0.4) is 0 Å². The Morgan fingerprint density at radius 1 is 0.854 bits per heavy atom. The SMILES string of the molecule is CCCCCCCCCCCC(=O)O[13C@H]1CC[C@@]2(C)C(=CC[C@H]3[C@@H]4CC[C@H]([C@H](C)CCCC(C)C)[C@@]4(C)CC[C@@H]32)[13CH2]1. The van der Waals surface area contributed by atoms with E-state index in [1.165, 1.54) is 109 Å². The lowest BCUT2D eigenvalue weighted by Crippen LogP contribution is -2.51. The first-order valence-electron chi connectivity index (χ1n) is 18.6. The molecule has 4 aliphatic rings. The van der Waals surface area contributed by atoms with Gasteiger partial charge in [-0.2, -0.15) is 0 Å². The minimum atomic E-state index is 0.0591. The van der Waals surface area contributed by atoms with Crippen LogP contribution in [0, 0.1) is 46.3 Å². The highest BCUT2D eigenvalue weighted by atomic mass is 16.6. The summed E-state index contributed by atoms with van der Waals surface area (Å²) in [4.78, 5) is 12.7. The molecule has 0 radical (unpaired) electrons. The molecular formula is C39H68O2. The summed E-state index contributed by atoms with van der Waals surface area (Å²) >= 11 is 0. The van der Waals surface area contributed by atoms with Crippen molar-refractivity contribution in [2.45, 2.75) is 182 Å². The lowest BCUT2D eigenvalue weighted by Gasteiger charge is -2.58. The molecule has 3 saturated carbocycles. The van der Waals surface area contributed by atoms with E-state index in [0.29, 0.717) is 17.3 Å². The van der Waals surface area contributed by atoms with Gasteiger partial charge >= 0.3 is 5.97 Å². The molecule has 8 atom stereocenters. The molecule has 0 amide bonds. The fourth-order valence-electron chi connectivity index (χ4n) is 10.6. The Balaban J connectivity index is 1.24. The Kier molecular flexibility index (Phi) is 12.3. The Hall–Kier alpha value is -0.790. The van der Waals surface area contributed by atoms with Gasteiger partial charge in [-0.25, -0.2) is 0 Å². The van der Waals surface area contributed by atoms with Crippen molar-refractivity contribution in [1.29, 1.82) is 0 Å². The minimum absolute atomic E-state index is 0.0591. The van der Waals surface area contributed by atoms with Crippen LogP contribution in [0.2, 0.25) is 0 Å². The maximum atomic E-state index is 12.7. The first-order chi connectivity index (χ1) is 19.7. The molecule has 3 fully saturated rings. The van der Waals surface area contributed by atoms with E-state index in [-0.39, 0.29) is 12.1 Å². The molecule has 0 unspecified atom stereocenters. The van der Waals surface area contributed by atoms with Gasteiger partial charge in [-0.15, -0.1) is 0 Å². The maximum Gasteiger partial charge on any atom is 0.306 e. The lowest BCUT2D eigenvalue weighted by molar-refractivity contribution is -0.151. The molecule has 0 aromatic carbocycles. The number of unbranched alkanes of at least 4 members (excludes halogenated alkanes) is 8. The van der Waals surface area contributed by atoms with E-state index >= 15 is 0 Å². The molecule has 0 aromatic heterocycles. The van der Waals surface area contributed by atoms with Crippen LogP contribution in [-0.4, -0.2) is 12.1 Å². The zero-order chi connectivity index (χ0) is 29.5. The first-order valence-corrected chi connectivity index (χ1v) is 18.6. The number of carbonyl (C=O) groups excluding carboxylic acids is 1. The molecule has 0 bridgehead atoms. The van der Waals surface area contributed by atoms with Crippen molar-refractivity contribution in [2.75, 3.05) is 0 Å². The third-order valence-electron chi connectivity index (χ3n) is 13.0. The second-order valence-electron chi connectivity index (χ2n) is 16.2. The minimum Gasteiger partial charge on any atom is -0.462 e. The summed E-state index contributed by atoms with van der Waals surface area (Å²) in [5.74, 6) is 5.34. The summed E-state index contributed by atoms with van der Waals surface area (Å²) < 4.78 is 6.09. The average molecular weight is 571 g/mol. The van der Waals surface area contributed by atoms with Crippen molar-refractivity contribution in [1.82, 2.24) is 0 Å². The zero-order valence-corrected chi connectivity index (χ0v) is 28.3. The van der Waals surface area contributed by atoms with Gasteiger partial charge in [0.15, 0.2) is 0 Å². The third kappa shape index (κ3) is 8.03. The van der Waals surface area contributed by atoms with Gasteiger partial charge in [-0.05, 0) is 97.7 Å². The van der Waals surface area contributed by atoms with Crippen molar-refractivity contribution in [3.05, 3.63) is 11.6 Å². The summed E-state index contributed by atoms with van der Waals surface area (Å²) in [6.07, 6.45) is 29.6. The normalized spacial score (nSPS) is 35.4. The molecule has 2 nitrogen and oxygen atoms in total. The summed E-state index contributed by atoms with van der Waals surface area (Å²) in [6, 6.07) is 0. The number of carbonyl (C=O) groups is 1. The van der Waals surface area contributed by atoms with E-state index in [9.17, 15) is 4.79 Å². The highest BCUT2D eigenvalue weighted by molar-refractivity contribution is 5.69. The fourth-order valence-corrected chi connectivity index (χ4v) is 10.6. The van der Waals surface area contributed by atoms with Crippen molar-refractivity contribution >= 4 is 5.97 Å². The Morgan fingerprint density at radius 3 is 2.27 bits per heavy atom. The summed E-state index contributed by atoms with van der Waals surface area (Å²) in [7, 11) is 0. The first kappa shape index (κ1) is 33.1. The third-order valence-corrected chi connectivity index (χ3v) is 13.0.